The molecular formula is C35H37N3O7S. The molecule has 46 heavy (non-hydrogen) atoms. The van der Waals surface area contributed by atoms with Gasteiger partial charge in [-0.2, -0.15) is 8.42 Å². The largest absolute Gasteiger partial charge is 0.370 e. The third-order valence-corrected chi connectivity index (χ3v) is 8.15. The molecule has 0 spiro atoms. The zero-order valence-corrected chi connectivity index (χ0v) is 26.3. The van der Waals surface area contributed by atoms with Crippen LogP contribution in [0.5, 0.6) is 0 Å². The molecule has 5 rings (SSSR count). The molecule has 6 atom stereocenters. The molecule has 0 heterocycles. The zero-order chi connectivity index (χ0) is 32.2. The van der Waals surface area contributed by atoms with Crippen molar-refractivity contribution in [1.29, 1.82) is 0 Å². The summed E-state index contributed by atoms with van der Waals surface area (Å²) in [5, 5.41) is 4.06. The first-order valence-electron chi connectivity index (χ1n) is 15.0. The fraction of sp³-hybridized carbons (Fsp3) is 0.314. The van der Waals surface area contributed by atoms with E-state index >= 15 is 0 Å². The van der Waals surface area contributed by atoms with Gasteiger partial charge in [-0.15, -0.1) is 0 Å². The third-order valence-electron chi connectivity index (χ3n) is 7.58. The molecule has 0 saturated heterocycles. The summed E-state index contributed by atoms with van der Waals surface area (Å²) in [5.74, 6) is 0. The van der Waals surface area contributed by atoms with E-state index in [0.29, 0.717) is 0 Å². The van der Waals surface area contributed by atoms with Crippen LogP contribution in [0.1, 0.15) is 22.3 Å². The molecule has 4 aromatic carbocycles. The van der Waals surface area contributed by atoms with Crippen LogP contribution < -0.4 is 0 Å². The van der Waals surface area contributed by atoms with Gasteiger partial charge in [-0.25, -0.2) is 0 Å². The fourth-order valence-corrected chi connectivity index (χ4v) is 6.10. The lowest BCUT2D eigenvalue weighted by Gasteiger charge is -2.48. The van der Waals surface area contributed by atoms with Crippen molar-refractivity contribution in [2.24, 2.45) is 5.11 Å². The van der Waals surface area contributed by atoms with Crippen LogP contribution in [0.4, 0.5) is 0 Å². The van der Waals surface area contributed by atoms with Crippen LogP contribution in [0.2, 0.25) is 0 Å². The topological polar surface area (TPSA) is 129 Å². The SMILES string of the molecule is CS(=O)(=O)O[C@@H]1[C@@H](N=[N+]=[N-])[C@H](OCc2ccccc2)[C@@H](OCc2ccccc2)[C@H](OCc2ccccc2)[C@H]1OCc1ccccc1. The van der Waals surface area contributed by atoms with Crippen LogP contribution in [0.3, 0.4) is 0 Å². The third kappa shape index (κ3) is 9.48. The lowest BCUT2D eigenvalue weighted by atomic mass is 9.82. The molecule has 0 aromatic heterocycles. The quantitative estimate of drug-likeness (QED) is 0.0638. The standard InChI is InChI=1S/C35H37N3O7S/c1-46(39,40)45-32-30(37-38-36)31(41-22-26-14-6-2-7-15-26)33(42-23-27-16-8-3-9-17-27)35(44-25-29-20-12-5-13-21-29)34(32)43-24-28-18-10-4-11-19-28/h2-21,30-35H,22-25H2,1H3/t30-,31-,32+,33+,34-,35-/m0/s1. The lowest BCUT2D eigenvalue weighted by Crippen LogP contribution is -2.66. The van der Waals surface area contributed by atoms with E-state index < -0.39 is 46.7 Å². The molecule has 1 aliphatic carbocycles. The van der Waals surface area contributed by atoms with E-state index in [-0.39, 0.29) is 26.4 Å². The summed E-state index contributed by atoms with van der Waals surface area (Å²) >= 11 is 0. The summed E-state index contributed by atoms with van der Waals surface area (Å²) < 4.78 is 57.2. The first kappa shape index (κ1) is 33.3. The highest BCUT2D eigenvalue weighted by Crippen LogP contribution is 2.36. The molecule has 0 aliphatic heterocycles. The summed E-state index contributed by atoms with van der Waals surface area (Å²) in [6.45, 7) is 0.615. The van der Waals surface area contributed by atoms with Gasteiger partial charge in [0.25, 0.3) is 10.1 Å². The van der Waals surface area contributed by atoms with Gasteiger partial charge in [0, 0.05) is 4.91 Å². The molecule has 0 amide bonds. The van der Waals surface area contributed by atoms with E-state index in [1.807, 2.05) is 121 Å². The van der Waals surface area contributed by atoms with Crippen molar-refractivity contribution >= 4 is 10.1 Å². The highest BCUT2D eigenvalue weighted by atomic mass is 32.2. The Labute approximate surface area is 269 Å². The minimum absolute atomic E-state index is 0.115. The van der Waals surface area contributed by atoms with E-state index in [4.69, 9.17) is 23.1 Å². The van der Waals surface area contributed by atoms with E-state index in [0.717, 1.165) is 28.5 Å². The minimum Gasteiger partial charge on any atom is -0.370 e. The van der Waals surface area contributed by atoms with Crippen molar-refractivity contribution in [3.8, 4) is 0 Å². The van der Waals surface area contributed by atoms with Crippen LogP contribution in [-0.2, 0) is 59.7 Å². The Bertz CT molecular complexity index is 1640. The summed E-state index contributed by atoms with van der Waals surface area (Å²) in [5.41, 5.74) is 13.3. The molecule has 0 N–H and O–H groups in total. The van der Waals surface area contributed by atoms with Crippen molar-refractivity contribution < 1.29 is 31.5 Å². The number of hydrogen-bond acceptors (Lipinski definition) is 8. The van der Waals surface area contributed by atoms with Crippen molar-refractivity contribution in [3.63, 3.8) is 0 Å². The Morgan fingerprint density at radius 2 is 0.848 bits per heavy atom. The lowest BCUT2D eigenvalue weighted by molar-refractivity contribution is -0.242. The van der Waals surface area contributed by atoms with Gasteiger partial charge in [-0.05, 0) is 27.8 Å². The summed E-state index contributed by atoms with van der Waals surface area (Å²) in [6.07, 6.45) is -4.09. The molecule has 0 radical (unpaired) electrons. The maximum atomic E-state index is 12.7. The summed E-state index contributed by atoms with van der Waals surface area (Å²) in [6, 6.07) is 37.0. The van der Waals surface area contributed by atoms with Gasteiger partial charge in [0.1, 0.15) is 24.4 Å². The monoisotopic (exact) mass is 643 g/mol. The molecule has 0 bridgehead atoms. The number of ether oxygens (including phenoxy) is 4. The minimum atomic E-state index is -4.06. The number of benzene rings is 4. The molecular weight excluding hydrogens is 606 g/mol. The first-order chi connectivity index (χ1) is 22.4. The van der Waals surface area contributed by atoms with Crippen molar-refractivity contribution in [1.82, 2.24) is 0 Å². The predicted octanol–water partition coefficient (Wildman–Crippen LogP) is 6.37. The second-order valence-electron chi connectivity index (χ2n) is 11.0. The number of rotatable bonds is 15. The Balaban J connectivity index is 1.57. The van der Waals surface area contributed by atoms with Crippen molar-refractivity contribution in [3.05, 3.63) is 154 Å². The second kappa shape index (κ2) is 16.5. The van der Waals surface area contributed by atoms with E-state index in [9.17, 15) is 13.9 Å². The summed E-state index contributed by atoms with van der Waals surface area (Å²) in [4.78, 5) is 3.09. The molecule has 1 saturated carbocycles. The summed E-state index contributed by atoms with van der Waals surface area (Å²) in [7, 11) is -4.06. The predicted molar refractivity (Wildman–Crippen MR) is 173 cm³/mol. The Morgan fingerprint density at radius 3 is 1.17 bits per heavy atom. The van der Waals surface area contributed by atoms with Crippen LogP contribution in [-0.4, -0.2) is 51.2 Å². The highest BCUT2D eigenvalue weighted by molar-refractivity contribution is 7.86. The molecule has 240 valence electrons. The average Bonchev–Trinajstić information content (AvgIpc) is 3.07. The number of hydrogen-bond donors (Lipinski definition) is 0. The fourth-order valence-electron chi connectivity index (χ4n) is 5.47. The molecule has 4 aromatic rings. The average molecular weight is 644 g/mol. The van der Waals surface area contributed by atoms with Crippen molar-refractivity contribution in [2.75, 3.05) is 6.26 Å². The molecule has 11 heteroatoms. The maximum absolute atomic E-state index is 12.7. The molecule has 1 fully saturated rings. The van der Waals surface area contributed by atoms with Gasteiger partial charge in [-0.1, -0.05) is 126 Å². The van der Waals surface area contributed by atoms with E-state index in [2.05, 4.69) is 10.0 Å². The Hall–Kier alpha value is -4.06. The smallest absolute Gasteiger partial charge is 0.264 e. The first-order valence-corrected chi connectivity index (χ1v) is 16.8. The van der Waals surface area contributed by atoms with Crippen LogP contribution in [0.25, 0.3) is 10.4 Å². The number of azide groups is 1. The van der Waals surface area contributed by atoms with Gasteiger partial charge in [0.2, 0.25) is 0 Å². The Morgan fingerprint density at radius 1 is 0.543 bits per heavy atom. The van der Waals surface area contributed by atoms with E-state index in [1.54, 1.807) is 0 Å². The highest BCUT2D eigenvalue weighted by Gasteiger charge is 2.55. The van der Waals surface area contributed by atoms with Crippen LogP contribution in [0, 0.1) is 0 Å². The van der Waals surface area contributed by atoms with Crippen LogP contribution in [0.15, 0.2) is 126 Å². The van der Waals surface area contributed by atoms with Gasteiger partial charge >= 0.3 is 0 Å². The van der Waals surface area contributed by atoms with Gasteiger partial charge in [0.15, 0.2) is 0 Å². The zero-order valence-electron chi connectivity index (χ0n) is 25.4. The maximum Gasteiger partial charge on any atom is 0.264 e. The molecule has 10 nitrogen and oxygen atoms in total. The van der Waals surface area contributed by atoms with Crippen molar-refractivity contribution in [2.45, 2.75) is 63.0 Å². The second-order valence-corrected chi connectivity index (χ2v) is 12.6. The Kier molecular flexibility index (Phi) is 11.9. The molecule has 1 aliphatic rings. The normalized spacial score (nSPS) is 23.0. The van der Waals surface area contributed by atoms with Gasteiger partial charge in [0.05, 0.1) is 44.8 Å². The van der Waals surface area contributed by atoms with Gasteiger partial charge < -0.3 is 18.9 Å². The van der Waals surface area contributed by atoms with Crippen LogP contribution >= 0.6 is 0 Å². The number of nitrogens with zero attached hydrogens (tertiary/aromatic N) is 3. The van der Waals surface area contributed by atoms with Gasteiger partial charge in [-0.3, -0.25) is 4.18 Å². The molecule has 0 unspecified atom stereocenters. The van der Waals surface area contributed by atoms with E-state index in [1.165, 1.54) is 0 Å².